The summed E-state index contributed by atoms with van der Waals surface area (Å²) in [5, 5.41) is 2.39. The number of hydrogen-bond donors (Lipinski definition) is 5. The van der Waals surface area contributed by atoms with E-state index in [1.807, 2.05) is 0 Å². The van der Waals surface area contributed by atoms with Crippen molar-refractivity contribution in [2.75, 3.05) is 6.54 Å². The van der Waals surface area contributed by atoms with E-state index in [4.69, 9.17) is 22.9 Å². The fourth-order valence-corrected chi connectivity index (χ4v) is 1.37. The molecule has 0 bridgehead atoms. The normalized spacial score (nSPS) is 13.7. The van der Waals surface area contributed by atoms with Gasteiger partial charge in [-0.1, -0.05) is 0 Å². The first-order valence-electron chi connectivity index (χ1n) is 5.72. The lowest BCUT2D eigenvalue weighted by atomic mass is 10.1. The van der Waals surface area contributed by atoms with Gasteiger partial charge in [0.05, 0.1) is 12.5 Å². The van der Waals surface area contributed by atoms with Crippen molar-refractivity contribution in [2.45, 2.75) is 37.8 Å². The lowest BCUT2D eigenvalue weighted by Gasteiger charge is -2.17. The average Bonchev–Trinajstić information content (AvgIpc) is 2.26. The van der Waals surface area contributed by atoms with Crippen molar-refractivity contribution >= 4 is 17.7 Å². The van der Waals surface area contributed by atoms with Gasteiger partial charge in [-0.25, -0.2) is 0 Å². The Hall–Kier alpha value is -1.67. The predicted molar refractivity (Wildman–Crippen MR) is 65.8 cm³/mol. The second kappa shape index (κ2) is 8.43. The predicted octanol–water partition coefficient (Wildman–Crippen LogP) is -2.71. The van der Waals surface area contributed by atoms with Crippen molar-refractivity contribution in [3.05, 3.63) is 0 Å². The number of nitrogens with one attached hydrogen (secondary N) is 1. The van der Waals surface area contributed by atoms with E-state index < -0.39 is 29.8 Å². The first-order valence-corrected chi connectivity index (χ1v) is 5.72. The highest BCUT2D eigenvalue weighted by Crippen LogP contribution is 2.01. The number of carbonyl (C=O) groups is 3. The van der Waals surface area contributed by atoms with Crippen LogP contribution in [0.1, 0.15) is 25.7 Å². The molecular weight excluding hydrogens is 238 g/mol. The molecule has 9 N–H and O–H groups in total. The Balaban J connectivity index is 4.26. The van der Waals surface area contributed by atoms with Crippen LogP contribution in [0.4, 0.5) is 0 Å². The van der Waals surface area contributed by atoms with Gasteiger partial charge < -0.3 is 28.3 Å². The zero-order valence-corrected chi connectivity index (χ0v) is 10.2. The molecule has 0 saturated heterocycles. The second-order valence-electron chi connectivity index (χ2n) is 4.02. The van der Waals surface area contributed by atoms with Crippen LogP contribution in [-0.2, 0) is 14.4 Å². The molecule has 0 radical (unpaired) electrons. The van der Waals surface area contributed by atoms with Crippen LogP contribution < -0.4 is 28.3 Å². The highest BCUT2D eigenvalue weighted by molar-refractivity contribution is 5.91. The molecule has 0 aromatic rings. The Morgan fingerprint density at radius 2 is 1.72 bits per heavy atom. The minimum Gasteiger partial charge on any atom is -0.370 e. The van der Waals surface area contributed by atoms with Gasteiger partial charge in [0.1, 0.15) is 6.04 Å². The van der Waals surface area contributed by atoms with Gasteiger partial charge in [0.2, 0.25) is 17.7 Å². The van der Waals surface area contributed by atoms with Crippen molar-refractivity contribution in [1.82, 2.24) is 5.32 Å². The van der Waals surface area contributed by atoms with E-state index in [0.29, 0.717) is 19.4 Å². The van der Waals surface area contributed by atoms with Crippen LogP contribution in [0.3, 0.4) is 0 Å². The smallest absolute Gasteiger partial charge is 0.240 e. The zero-order chi connectivity index (χ0) is 14.1. The highest BCUT2D eigenvalue weighted by atomic mass is 16.2. The Kier molecular flexibility index (Phi) is 7.64. The first kappa shape index (κ1) is 16.3. The van der Waals surface area contributed by atoms with Crippen LogP contribution >= 0.6 is 0 Å². The summed E-state index contributed by atoms with van der Waals surface area (Å²) >= 11 is 0. The lowest BCUT2D eigenvalue weighted by molar-refractivity contribution is -0.129. The van der Waals surface area contributed by atoms with Gasteiger partial charge in [0, 0.05) is 0 Å². The number of nitrogens with two attached hydrogens (primary N) is 4. The number of primary amides is 2. The maximum absolute atomic E-state index is 11.5. The fourth-order valence-electron chi connectivity index (χ4n) is 1.37. The molecule has 18 heavy (non-hydrogen) atoms. The molecule has 0 spiro atoms. The highest BCUT2D eigenvalue weighted by Gasteiger charge is 2.22. The zero-order valence-electron chi connectivity index (χ0n) is 10.2. The molecule has 3 amide bonds. The molecule has 0 aliphatic heterocycles. The molecular formula is C10H21N5O3. The first-order chi connectivity index (χ1) is 8.38. The van der Waals surface area contributed by atoms with E-state index in [1.54, 1.807) is 0 Å². The van der Waals surface area contributed by atoms with Crippen molar-refractivity contribution in [3.8, 4) is 0 Å². The van der Waals surface area contributed by atoms with E-state index in [9.17, 15) is 14.4 Å². The van der Waals surface area contributed by atoms with Crippen molar-refractivity contribution in [3.63, 3.8) is 0 Å². The van der Waals surface area contributed by atoms with Gasteiger partial charge in [0.25, 0.3) is 0 Å². The van der Waals surface area contributed by atoms with Crippen LogP contribution in [0, 0.1) is 0 Å². The van der Waals surface area contributed by atoms with Crippen LogP contribution in [0.2, 0.25) is 0 Å². The Labute approximate surface area is 105 Å². The third kappa shape index (κ3) is 6.81. The number of unbranched alkanes of at least 4 members (excludes halogenated alkanes) is 1. The maximum atomic E-state index is 11.5. The molecule has 0 rings (SSSR count). The molecule has 0 aliphatic rings. The monoisotopic (exact) mass is 259 g/mol. The summed E-state index contributed by atoms with van der Waals surface area (Å²) in [7, 11) is 0. The molecule has 104 valence electrons. The Morgan fingerprint density at radius 1 is 1.11 bits per heavy atom. The summed E-state index contributed by atoms with van der Waals surface area (Å²) in [5.74, 6) is -1.95. The van der Waals surface area contributed by atoms with E-state index in [2.05, 4.69) is 5.32 Å². The topological polar surface area (TPSA) is 167 Å². The van der Waals surface area contributed by atoms with Crippen LogP contribution in [0.25, 0.3) is 0 Å². The van der Waals surface area contributed by atoms with Crippen LogP contribution in [0.5, 0.6) is 0 Å². The van der Waals surface area contributed by atoms with Crippen molar-refractivity contribution in [2.24, 2.45) is 22.9 Å². The van der Waals surface area contributed by atoms with Crippen LogP contribution in [0.15, 0.2) is 0 Å². The number of hydrogen-bond acceptors (Lipinski definition) is 5. The Morgan fingerprint density at radius 3 is 2.17 bits per heavy atom. The van der Waals surface area contributed by atoms with Crippen LogP contribution in [-0.4, -0.2) is 36.3 Å². The molecule has 0 unspecified atom stereocenters. The molecule has 2 atom stereocenters. The minimum atomic E-state index is -1.07. The quantitative estimate of drug-likeness (QED) is 0.283. The Bertz CT molecular complexity index is 308. The van der Waals surface area contributed by atoms with Gasteiger partial charge in [-0.3, -0.25) is 14.4 Å². The fraction of sp³-hybridized carbons (Fsp3) is 0.700. The summed E-state index contributed by atoms with van der Waals surface area (Å²) in [6.07, 6.45) is 1.50. The standard InChI is InChI=1S/C10H21N5O3/c11-4-2-1-3-7(9(14)17)15-10(18)6(12)5-8(13)16/h6-7H,1-5,11-12H2,(H2,13,16)(H2,14,17)(H,15,18)/t6-,7+/m0/s1. The molecule has 0 aromatic heterocycles. The van der Waals surface area contributed by atoms with Gasteiger partial charge in [-0.05, 0) is 25.8 Å². The van der Waals surface area contributed by atoms with Gasteiger partial charge in [-0.2, -0.15) is 0 Å². The molecule has 0 saturated carbocycles. The molecule has 8 nitrogen and oxygen atoms in total. The molecule has 0 aromatic carbocycles. The van der Waals surface area contributed by atoms with Crippen molar-refractivity contribution < 1.29 is 14.4 Å². The second-order valence-corrected chi connectivity index (χ2v) is 4.02. The molecule has 8 heteroatoms. The van der Waals surface area contributed by atoms with E-state index in [1.165, 1.54) is 0 Å². The number of carbonyl (C=O) groups excluding carboxylic acids is 3. The number of rotatable bonds is 9. The van der Waals surface area contributed by atoms with E-state index in [0.717, 1.165) is 6.42 Å². The summed E-state index contributed by atoms with van der Waals surface area (Å²) < 4.78 is 0. The average molecular weight is 259 g/mol. The summed E-state index contributed by atoms with van der Waals surface area (Å²) in [4.78, 5) is 33.3. The molecule has 0 aliphatic carbocycles. The molecule has 0 fully saturated rings. The third-order valence-electron chi connectivity index (χ3n) is 2.36. The van der Waals surface area contributed by atoms with Gasteiger partial charge in [-0.15, -0.1) is 0 Å². The van der Waals surface area contributed by atoms with E-state index in [-0.39, 0.29) is 6.42 Å². The summed E-state index contributed by atoms with van der Waals surface area (Å²) in [6, 6.07) is -1.87. The van der Waals surface area contributed by atoms with Crippen molar-refractivity contribution in [1.29, 1.82) is 0 Å². The largest absolute Gasteiger partial charge is 0.370 e. The summed E-state index contributed by atoms with van der Waals surface area (Å²) in [5.41, 5.74) is 20.8. The van der Waals surface area contributed by atoms with E-state index >= 15 is 0 Å². The summed E-state index contributed by atoms with van der Waals surface area (Å²) in [6.45, 7) is 0.501. The maximum Gasteiger partial charge on any atom is 0.240 e. The SMILES string of the molecule is NCCCC[C@@H](NC(=O)[C@@H](N)CC(N)=O)C(N)=O. The van der Waals surface area contributed by atoms with Gasteiger partial charge in [0.15, 0.2) is 0 Å². The molecule has 0 heterocycles. The third-order valence-corrected chi connectivity index (χ3v) is 2.36. The van der Waals surface area contributed by atoms with Gasteiger partial charge >= 0.3 is 0 Å². The lowest BCUT2D eigenvalue weighted by Crippen LogP contribution is -2.51. The minimum absolute atomic E-state index is 0.278. The number of amides is 3.